The van der Waals surface area contributed by atoms with Crippen molar-refractivity contribution in [3.63, 3.8) is 0 Å². The van der Waals surface area contributed by atoms with Crippen molar-refractivity contribution in [2.24, 2.45) is 0 Å². The molecule has 1 aromatic heterocycles. The number of carbonyl (C=O) groups excluding carboxylic acids is 1. The third-order valence-electron chi connectivity index (χ3n) is 2.47. The fraction of sp³-hybridized carbons (Fsp3) is 0.214. The first-order chi connectivity index (χ1) is 9.20. The Kier molecular flexibility index (Phi) is 4.41. The molecule has 1 aromatic carbocycles. The maximum Gasteiger partial charge on any atom is 0.338 e. The quantitative estimate of drug-likeness (QED) is 0.674. The van der Waals surface area contributed by atoms with Crippen LogP contribution in [0.3, 0.4) is 0 Å². The Morgan fingerprint density at radius 1 is 1.37 bits per heavy atom. The normalized spacial score (nSPS) is 10.2. The smallest absolute Gasteiger partial charge is 0.338 e. The van der Waals surface area contributed by atoms with Gasteiger partial charge in [-0.3, -0.25) is 0 Å². The Balaban J connectivity index is 2.01. The SMILES string of the molecule is CCOc1ccc(C(=O)OCc2cccs2)cc1N. The van der Waals surface area contributed by atoms with Crippen LogP contribution in [0, 0.1) is 0 Å². The average molecular weight is 277 g/mol. The molecule has 0 saturated heterocycles. The van der Waals surface area contributed by atoms with E-state index in [9.17, 15) is 4.79 Å². The number of esters is 1. The summed E-state index contributed by atoms with van der Waals surface area (Å²) >= 11 is 1.55. The molecular formula is C14H15NO3S. The summed E-state index contributed by atoms with van der Waals surface area (Å²) in [6, 6.07) is 8.74. The molecule has 0 bridgehead atoms. The molecular weight excluding hydrogens is 262 g/mol. The van der Waals surface area contributed by atoms with Crippen LogP contribution in [0.15, 0.2) is 35.7 Å². The lowest BCUT2D eigenvalue weighted by atomic mass is 10.2. The van der Waals surface area contributed by atoms with E-state index in [0.717, 1.165) is 4.88 Å². The molecule has 0 spiro atoms. The van der Waals surface area contributed by atoms with Gasteiger partial charge in [-0.2, -0.15) is 0 Å². The van der Waals surface area contributed by atoms with Crippen molar-refractivity contribution in [2.45, 2.75) is 13.5 Å². The third-order valence-corrected chi connectivity index (χ3v) is 3.32. The summed E-state index contributed by atoms with van der Waals surface area (Å²) in [6.07, 6.45) is 0. The molecule has 0 amide bonds. The van der Waals surface area contributed by atoms with Gasteiger partial charge in [-0.25, -0.2) is 4.79 Å². The van der Waals surface area contributed by atoms with Gasteiger partial charge in [0.1, 0.15) is 12.4 Å². The molecule has 4 nitrogen and oxygen atoms in total. The van der Waals surface area contributed by atoms with Crippen LogP contribution >= 0.6 is 11.3 Å². The van der Waals surface area contributed by atoms with Gasteiger partial charge in [0, 0.05) is 4.88 Å². The molecule has 2 rings (SSSR count). The van der Waals surface area contributed by atoms with Gasteiger partial charge in [-0.05, 0) is 36.6 Å². The zero-order chi connectivity index (χ0) is 13.7. The van der Waals surface area contributed by atoms with Crippen molar-refractivity contribution in [1.82, 2.24) is 0 Å². The summed E-state index contributed by atoms with van der Waals surface area (Å²) in [7, 11) is 0. The highest BCUT2D eigenvalue weighted by molar-refractivity contribution is 7.09. The molecule has 5 heteroatoms. The van der Waals surface area contributed by atoms with Gasteiger partial charge in [-0.1, -0.05) is 6.07 Å². The van der Waals surface area contributed by atoms with Gasteiger partial charge in [0.15, 0.2) is 0 Å². The minimum atomic E-state index is -0.386. The first kappa shape index (κ1) is 13.4. The predicted octanol–water partition coefficient (Wildman–Crippen LogP) is 3.09. The Bertz CT molecular complexity index is 552. The van der Waals surface area contributed by atoms with Crippen LogP contribution in [0.25, 0.3) is 0 Å². The lowest BCUT2D eigenvalue weighted by Gasteiger charge is -2.08. The van der Waals surface area contributed by atoms with Gasteiger partial charge in [-0.15, -0.1) is 11.3 Å². The van der Waals surface area contributed by atoms with E-state index in [4.69, 9.17) is 15.2 Å². The fourth-order valence-corrected chi connectivity index (χ4v) is 2.19. The average Bonchev–Trinajstić information content (AvgIpc) is 2.91. The summed E-state index contributed by atoms with van der Waals surface area (Å²) in [5.74, 6) is 0.195. The Labute approximate surface area is 115 Å². The lowest BCUT2D eigenvalue weighted by Crippen LogP contribution is -2.06. The lowest BCUT2D eigenvalue weighted by molar-refractivity contribution is 0.0477. The minimum absolute atomic E-state index is 0.281. The number of ether oxygens (including phenoxy) is 2. The molecule has 19 heavy (non-hydrogen) atoms. The van der Waals surface area contributed by atoms with Crippen LogP contribution < -0.4 is 10.5 Å². The van der Waals surface area contributed by atoms with E-state index >= 15 is 0 Å². The zero-order valence-corrected chi connectivity index (χ0v) is 11.4. The Hall–Kier alpha value is -2.01. The number of carbonyl (C=O) groups is 1. The summed E-state index contributed by atoms with van der Waals surface area (Å²) in [5.41, 5.74) is 6.67. The number of rotatable bonds is 5. The molecule has 0 fully saturated rings. The van der Waals surface area contributed by atoms with Crippen LogP contribution in [0.5, 0.6) is 5.75 Å². The molecule has 0 unspecified atom stereocenters. The van der Waals surface area contributed by atoms with E-state index in [1.807, 2.05) is 24.4 Å². The van der Waals surface area contributed by atoms with E-state index in [2.05, 4.69) is 0 Å². The molecule has 0 aliphatic carbocycles. The largest absolute Gasteiger partial charge is 0.492 e. The number of benzene rings is 1. The van der Waals surface area contributed by atoms with E-state index in [1.54, 1.807) is 29.5 Å². The first-order valence-electron chi connectivity index (χ1n) is 5.92. The maximum atomic E-state index is 11.8. The van der Waals surface area contributed by atoms with Crippen molar-refractivity contribution in [3.05, 3.63) is 46.2 Å². The van der Waals surface area contributed by atoms with Gasteiger partial charge in [0.05, 0.1) is 17.9 Å². The maximum absolute atomic E-state index is 11.8. The van der Waals surface area contributed by atoms with Crippen molar-refractivity contribution in [1.29, 1.82) is 0 Å². The number of hydrogen-bond acceptors (Lipinski definition) is 5. The van der Waals surface area contributed by atoms with Crippen molar-refractivity contribution < 1.29 is 14.3 Å². The highest BCUT2D eigenvalue weighted by atomic mass is 32.1. The molecule has 2 N–H and O–H groups in total. The standard InChI is InChI=1S/C14H15NO3S/c1-2-17-13-6-5-10(8-12(13)15)14(16)18-9-11-4-3-7-19-11/h3-8H,2,9,15H2,1H3. The monoisotopic (exact) mass is 277 g/mol. The Morgan fingerprint density at radius 2 is 2.21 bits per heavy atom. The Morgan fingerprint density at radius 3 is 2.84 bits per heavy atom. The highest BCUT2D eigenvalue weighted by Gasteiger charge is 2.10. The molecule has 0 aliphatic rings. The second kappa shape index (κ2) is 6.24. The van der Waals surface area contributed by atoms with Gasteiger partial charge in [0.25, 0.3) is 0 Å². The molecule has 0 radical (unpaired) electrons. The van der Waals surface area contributed by atoms with Gasteiger partial charge < -0.3 is 15.2 Å². The molecule has 0 aliphatic heterocycles. The number of nitrogen functional groups attached to an aromatic ring is 1. The number of nitrogens with two attached hydrogens (primary N) is 1. The van der Waals surface area contributed by atoms with E-state index < -0.39 is 0 Å². The highest BCUT2D eigenvalue weighted by Crippen LogP contribution is 2.23. The topological polar surface area (TPSA) is 61.5 Å². The number of thiophene rings is 1. The fourth-order valence-electron chi connectivity index (χ4n) is 1.58. The summed E-state index contributed by atoms with van der Waals surface area (Å²) < 4.78 is 10.5. The summed E-state index contributed by atoms with van der Waals surface area (Å²) in [5, 5.41) is 1.94. The van der Waals surface area contributed by atoms with E-state index in [-0.39, 0.29) is 12.6 Å². The van der Waals surface area contributed by atoms with Gasteiger partial charge >= 0.3 is 5.97 Å². The molecule has 100 valence electrons. The minimum Gasteiger partial charge on any atom is -0.492 e. The van der Waals surface area contributed by atoms with Crippen LogP contribution in [-0.2, 0) is 11.3 Å². The predicted molar refractivity (Wildman–Crippen MR) is 75.5 cm³/mol. The molecule has 1 heterocycles. The van der Waals surface area contributed by atoms with Crippen molar-refractivity contribution in [2.75, 3.05) is 12.3 Å². The van der Waals surface area contributed by atoms with Crippen molar-refractivity contribution in [3.8, 4) is 5.75 Å². The van der Waals surface area contributed by atoms with Crippen LogP contribution in [-0.4, -0.2) is 12.6 Å². The summed E-state index contributed by atoms with van der Waals surface area (Å²) in [6.45, 7) is 2.69. The second-order valence-corrected chi connectivity index (χ2v) is 4.87. The van der Waals surface area contributed by atoms with E-state index in [1.165, 1.54) is 0 Å². The molecule has 2 aromatic rings. The number of hydrogen-bond donors (Lipinski definition) is 1. The van der Waals surface area contributed by atoms with Crippen LogP contribution in [0.4, 0.5) is 5.69 Å². The molecule has 0 atom stereocenters. The third kappa shape index (κ3) is 3.48. The van der Waals surface area contributed by atoms with Crippen LogP contribution in [0.2, 0.25) is 0 Å². The van der Waals surface area contributed by atoms with E-state index in [0.29, 0.717) is 23.6 Å². The van der Waals surface area contributed by atoms with Gasteiger partial charge in [0.2, 0.25) is 0 Å². The first-order valence-corrected chi connectivity index (χ1v) is 6.80. The van der Waals surface area contributed by atoms with Crippen molar-refractivity contribution >= 4 is 23.0 Å². The zero-order valence-electron chi connectivity index (χ0n) is 10.6. The number of anilines is 1. The summed E-state index contributed by atoms with van der Waals surface area (Å²) in [4.78, 5) is 12.9. The van der Waals surface area contributed by atoms with Crippen LogP contribution in [0.1, 0.15) is 22.2 Å². The molecule has 0 saturated carbocycles. The second-order valence-electron chi connectivity index (χ2n) is 3.84.